The molecule has 1 aliphatic heterocycles. The van der Waals surface area contributed by atoms with Gasteiger partial charge in [0.2, 0.25) is 5.91 Å². The number of β-lactam (4-membered cyclic amide) rings is 1. The quantitative estimate of drug-likeness (QED) is 0.653. The van der Waals surface area contributed by atoms with Gasteiger partial charge in [0.15, 0.2) is 0 Å². The topological polar surface area (TPSA) is 20.3 Å². The highest BCUT2D eigenvalue weighted by Crippen LogP contribution is 2.32. The van der Waals surface area contributed by atoms with Gasteiger partial charge in [-0.3, -0.25) is 4.79 Å². The number of hydrogen-bond donors (Lipinski definition) is 0. The first-order valence-electron chi connectivity index (χ1n) is 4.94. The Bertz CT molecular complexity index is 343. The highest BCUT2D eigenvalue weighted by atomic mass is 16.2. The maximum atomic E-state index is 11.4. The van der Waals surface area contributed by atoms with Crippen LogP contribution in [0.25, 0.3) is 0 Å². The van der Waals surface area contributed by atoms with Crippen LogP contribution >= 0.6 is 0 Å². The zero-order valence-electron chi connectivity index (χ0n) is 8.66. The summed E-state index contributed by atoms with van der Waals surface area (Å²) in [6, 6.07) is 10.1. The van der Waals surface area contributed by atoms with Crippen LogP contribution in [-0.2, 0) is 11.3 Å². The second-order valence-corrected chi connectivity index (χ2v) is 4.45. The first kappa shape index (κ1) is 9.25. The third kappa shape index (κ3) is 1.52. The minimum Gasteiger partial charge on any atom is -0.333 e. The summed E-state index contributed by atoms with van der Waals surface area (Å²) in [5, 5.41) is 0. The van der Waals surface area contributed by atoms with E-state index in [9.17, 15) is 4.79 Å². The minimum atomic E-state index is 0.0485. The van der Waals surface area contributed by atoms with Gasteiger partial charge >= 0.3 is 0 Å². The summed E-state index contributed by atoms with van der Waals surface area (Å²) in [6.45, 7) is 4.96. The van der Waals surface area contributed by atoms with Gasteiger partial charge in [0, 0.05) is 18.5 Å². The number of hydrogen-bond acceptors (Lipinski definition) is 1. The maximum Gasteiger partial charge on any atom is 0.225 e. The van der Waals surface area contributed by atoms with Gasteiger partial charge in [-0.2, -0.15) is 0 Å². The summed E-state index contributed by atoms with van der Waals surface area (Å²) in [6.07, 6.45) is 0.680. The average molecular weight is 189 g/mol. The van der Waals surface area contributed by atoms with Gasteiger partial charge in [-0.1, -0.05) is 30.3 Å². The SMILES string of the molecule is CC1(C)CC(=O)N1Cc1ccccc1. The molecule has 0 bridgehead atoms. The first-order valence-corrected chi connectivity index (χ1v) is 4.94. The van der Waals surface area contributed by atoms with E-state index in [1.807, 2.05) is 23.1 Å². The van der Waals surface area contributed by atoms with E-state index in [4.69, 9.17) is 0 Å². The van der Waals surface area contributed by atoms with E-state index in [2.05, 4.69) is 26.0 Å². The Morgan fingerprint density at radius 2 is 1.93 bits per heavy atom. The van der Waals surface area contributed by atoms with Crippen LogP contribution in [-0.4, -0.2) is 16.3 Å². The zero-order chi connectivity index (χ0) is 10.2. The van der Waals surface area contributed by atoms with Crippen molar-refractivity contribution in [2.75, 3.05) is 0 Å². The van der Waals surface area contributed by atoms with Crippen molar-refractivity contribution in [1.82, 2.24) is 4.90 Å². The number of carbonyl (C=O) groups excluding carboxylic acids is 1. The number of rotatable bonds is 2. The lowest BCUT2D eigenvalue weighted by Gasteiger charge is -2.47. The number of likely N-dealkylation sites (tertiary alicyclic amines) is 1. The molecule has 74 valence electrons. The molecule has 2 heteroatoms. The molecular weight excluding hydrogens is 174 g/mol. The molecule has 1 aromatic carbocycles. The third-order valence-electron chi connectivity index (χ3n) is 2.80. The molecule has 1 amide bonds. The lowest BCUT2D eigenvalue weighted by Crippen LogP contribution is -2.59. The van der Waals surface area contributed by atoms with Crippen molar-refractivity contribution in [2.24, 2.45) is 0 Å². The van der Waals surface area contributed by atoms with Gasteiger partial charge in [-0.15, -0.1) is 0 Å². The van der Waals surface area contributed by atoms with Crippen LogP contribution in [0.4, 0.5) is 0 Å². The van der Waals surface area contributed by atoms with Crippen molar-refractivity contribution in [2.45, 2.75) is 32.4 Å². The van der Waals surface area contributed by atoms with Crippen LogP contribution in [0.3, 0.4) is 0 Å². The molecule has 2 nitrogen and oxygen atoms in total. The molecule has 2 rings (SSSR count). The summed E-state index contributed by atoms with van der Waals surface area (Å²) < 4.78 is 0. The van der Waals surface area contributed by atoms with Crippen molar-refractivity contribution in [3.8, 4) is 0 Å². The van der Waals surface area contributed by atoms with Crippen molar-refractivity contribution in [3.05, 3.63) is 35.9 Å². The summed E-state index contributed by atoms with van der Waals surface area (Å²) in [4.78, 5) is 13.3. The normalized spacial score (nSPS) is 19.3. The molecule has 1 heterocycles. The Morgan fingerprint density at radius 1 is 1.29 bits per heavy atom. The fourth-order valence-corrected chi connectivity index (χ4v) is 1.88. The number of amides is 1. The maximum absolute atomic E-state index is 11.4. The molecule has 1 aromatic rings. The predicted octanol–water partition coefficient (Wildman–Crippen LogP) is 2.20. The van der Waals surface area contributed by atoms with Gasteiger partial charge < -0.3 is 4.90 Å². The number of nitrogens with zero attached hydrogens (tertiary/aromatic N) is 1. The van der Waals surface area contributed by atoms with Gasteiger partial charge in [0.05, 0.1) is 0 Å². The van der Waals surface area contributed by atoms with Crippen LogP contribution in [0.5, 0.6) is 0 Å². The largest absolute Gasteiger partial charge is 0.333 e. The van der Waals surface area contributed by atoms with Crippen LogP contribution in [0.15, 0.2) is 30.3 Å². The Kier molecular flexibility index (Phi) is 2.06. The van der Waals surface area contributed by atoms with Gasteiger partial charge in [0.1, 0.15) is 0 Å². The van der Waals surface area contributed by atoms with Crippen molar-refractivity contribution in [1.29, 1.82) is 0 Å². The average Bonchev–Trinajstić information content (AvgIpc) is 2.15. The Morgan fingerprint density at radius 3 is 2.43 bits per heavy atom. The summed E-state index contributed by atoms with van der Waals surface area (Å²) in [7, 11) is 0. The monoisotopic (exact) mass is 189 g/mol. The molecule has 0 N–H and O–H groups in total. The molecule has 0 aliphatic carbocycles. The minimum absolute atomic E-state index is 0.0485. The van der Waals surface area contributed by atoms with E-state index < -0.39 is 0 Å². The molecule has 14 heavy (non-hydrogen) atoms. The first-order chi connectivity index (χ1) is 6.59. The predicted molar refractivity (Wildman–Crippen MR) is 55.7 cm³/mol. The molecule has 1 saturated heterocycles. The van der Waals surface area contributed by atoms with Crippen LogP contribution in [0, 0.1) is 0 Å². The van der Waals surface area contributed by atoms with Crippen molar-refractivity contribution < 1.29 is 4.79 Å². The number of benzene rings is 1. The van der Waals surface area contributed by atoms with E-state index in [0.717, 1.165) is 6.54 Å². The van der Waals surface area contributed by atoms with E-state index >= 15 is 0 Å². The highest BCUT2D eigenvalue weighted by Gasteiger charge is 2.42. The molecule has 0 aromatic heterocycles. The Labute approximate surface area is 84.5 Å². The second-order valence-electron chi connectivity index (χ2n) is 4.45. The molecule has 1 fully saturated rings. The molecule has 1 aliphatic rings. The fraction of sp³-hybridized carbons (Fsp3) is 0.417. The molecule has 0 spiro atoms. The summed E-state index contributed by atoms with van der Waals surface area (Å²) in [5.74, 6) is 0.263. The highest BCUT2D eigenvalue weighted by molar-refractivity contribution is 5.84. The van der Waals surface area contributed by atoms with E-state index in [-0.39, 0.29) is 11.4 Å². The van der Waals surface area contributed by atoms with Gasteiger partial charge in [-0.25, -0.2) is 0 Å². The fourth-order valence-electron chi connectivity index (χ4n) is 1.88. The van der Waals surface area contributed by atoms with E-state index in [0.29, 0.717) is 6.42 Å². The lowest BCUT2D eigenvalue weighted by molar-refractivity contribution is -0.154. The van der Waals surface area contributed by atoms with Gasteiger partial charge in [-0.05, 0) is 19.4 Å². The second kappa shape index (κ2) is 3.12. The summed E-state index contributed by atoms with van der Waals surface area (Å²) >= 11 is 0. The molecular formula is C12H15NO. The molecule has 0 radical (unpaired) electrons. The number of carbonyl (C=O) groups is 1. The lowest BCUT2D eigenvalue weighted by atomic mass is 9.87. The van der Waals surface area contributed by atoms with Gasteiger partial charge in [0.25, 0.3) is 0 Å². The molecule has 0 atom stereocenters. The molecule has 0 unspecified atom stereocenters. The van der Waals surface area contributed by atoms with Crippen LogP contribution in [0.1, 0.15) is 25.8 Å². The smallest absolute Gasteiger partial charge is 0.225 e. The zero-order valence-corrected chi connectivity index (χ0v) is 8.66. The standard InChI is InChI=1S/C12H15NO/c1-12(2)8-11(14)13(12)9-10-6-4-3-5-7-10/h3-7H,8-9H2,1-2H3. The van der Waals surface area contributed by atoms with E-state index in [1.165, 1.54) is 5.56 Å². The summed E-state index contributed by atoms with van der Waals surface area (Å²) in [5.41, 5.74) is 1.25. The Balaban J connectivity index is 2.09. The van der Waals surface area contributed by atoms with Crippen molar-refractivity contribution >= 4 is 5.91 Å². The van der Waals surface area contributed by atoms with Crippen molar-refractivity contribution in [3.63, 3.8) is 0 Å². The Hall–Kier alpha value is -1.31. The van der Waals surface area contributed by atoms with E-state index in [1.54, 1.807) is 0 Å². The molecule has 0 saturated carbocycles. The van der Waals surface area contributed by atoms with Crippen LogP contribution < -0.4 is 0 Å². The third-order valence-corrected chi connectivity index (χ3v) is 2.80. The van der Waals surface area contributed by atoms with Crippen LogP contribution in [0.2, 0.25) is 0 Å².